The summed E-state index contributed by atoms with van der Waals surface area (Å²) in [6.07, 6.45) is 13.0. The molecule has 1 aliphatic rings. The van der Waals surface area contributed by atoms with E-state index in [1.807, 2.05) is 17.8 Å². The fourth-order valence-corrected chi connectivity index (χ4v) is 2.71. The van der Waals surface area contributed by atoms with Crippen molar-refractivity contribution in [1.82, 2.24) is 0 Å². The van der Waals surface area contributed by atoms with E-state index in [4.69, 9.17) is 0 Å². The topological polar surface area (TPSA) is 0 Å². The van der Waals surface area contributed by atoms with E-state index < -0.39 is 0 Å². The van der Waals surface area contributed by atoms with Crippen molar-refractivity contribution in [3.05, 3.63) is 49.1 Å². The van der Waals surface area contributed by atoms with Gasteiger partial charge in [0, 0.05) is 5.25 Å². The molecule has 1 heteroatoms. The van der Waals surface area contributed by atoms with Crippen molar-refractivity contribution >= 4 is 11.8 Å². The van der Waals surface area contributed by atoms with Crippen molar-refractivity contribution < 1.29 is 0 Å². The van der Waals surface area contributed by atoms with E-state index >= 15 is 0 Å². The smallest absolute Gasteiger partial charge is 0.0290 e. The molecule has 0 spiro atoms. The van der Waals surface area contributed by atoms with Gasteiger partial charge in [0.2, 0.25) is 0 Å². The summed E-state index contributed by atoms with van der Waals surface area (Å²) in [6, 6.07) is 0. The molecule has 2 atom stereocenters. The molecule has 0 N–H and O–H groups in total. The second-order valence-electron chi connectivity index (χ2n) is 3.93. The number of hydrogen-bond donors (Lipinski definition) is 0. The Bertz CT molecular complexity index is 273. The fourth-order valence-electron chi connectivity index (χ4n) is 1.53. The van der Waals surface area contributed by atoms with Gasteiger partial charge in [-0.1, -0.05) is 56.0 Å². The molecule has 0 saturated carbocycles. The van der Waals surface area contributed by atoms with E-state index in [2.05, 4.69) is 44.4 Å². The lowest BCUT2D eigenvalue weighted by atomic mass is 10.0. The molecule has 0 aliphatic heterocycles. The van der Waals surface area contributed by atoms with Gasteiger partial charge in [-0.15, -0.1) is 0 Å². The summed E-state index contributed by atoms with van der Waals surface area (Å²) < 4.78 is 0. The zero-order valence-corrected chi connectivity index (χ0v) is 10.3. The molecule has 0 aromatic carbocycles. The highest BCUT2D eigenvalue weighted by Crippen LogP contribution is 2.26. The van der Waals surface area contributed by atoms with Gasteiger partial charge in [0.25, 0.3) is 0 Å². The van der Waals surface area contributed by atoms with Crippen LogP contribution in [0.3, 0.4) is 0 Å². The van der Waals surface area contributed by atoms with Crippen LogP contribution in [0.1, 0.15) is 19.8 Å². The average Bonchev–Trinajstić information content (AvgIpc) is 2.26. The molecule has 1 aliphatic carbocycles. The summed E-state index contributed by atoms with van der Waals surface area (Å²) >= 11 is 2.04. The number of thioether (sulfide) groups is 1. The maximum absolute atomic E-state index is 3.92. The Morgan fingerprint density at radius 2 is 2.13 bits per heavy atom. The van der Waals surface area contributed by atoms with Crippen LogP contribution >= 0.6 is 11.8 Å². The summed E-state index contributed by atoms with van der Waals surface area (Å²) in [4.78, 5) is 0. The Labute approximate surface area is 97.8 Å². The van der Waals surface area contributed by atoms with E-state index in [0.717, 1.165) is 12.0 Å². The SMILES string of the molecule is C=CC(=C)CCCSC1C=CC=CC1C. The van der Waals surface area contributed by atoms with Crippen molar-refractivity contribution in [3.8, 4) is 0 Å². The second-order valence-corrected chi connectivity index (χ2v) is 5.22. The molecule has 0 bridgehead atoms. The molecule has 0 fully saturated rings. The monoisotopic (exact) mass is 220 g/mol. The van der Waals surface area contributed by atoms with Crippen LogP contribution in [0.4, 0.5) is 0 Å². The molecule has 1 rings (SSSR count). The Morgan fingerprint density at radius 3 is 2.80 bits per heavy atom. The Morgan fingerprint density at radius 1 is 1.40 bits per heavy atom. The summed E-state index contributed by atoms with van der Waals surface area (Å²) in [5, 5.41) is 0.659. The van der Waals surface area contributed by atoms with Gasteiger partial charge in [-0.2, -0.15) is 11.8 Å². The van der Waals surface area contributed by atoms with Crippen LogP contribution in [-0.4, -0.2) is 11.0 Å². The predicted octanol–water partition coefficient (Wildman–Crippen LogP) is 4.37. The normalized spacial score (nSPS) is 24.1. The Balaban J connectivity index is 2.15. The fraction of sp³-hybridized carbons (Fsp3) is 0.429. The molecule has 0 aromatic heterocycles. The zero-order chi connectivity index (χ0) is 11.1. The second kappa shape index (κ2) is 6.73. The summed E-state index contributed by atoms with van der Waals surface area (Å²) in [7, 11) is 0. The third-order valence-electron chi connectivity index (χ3n) is 2.59. The quantitative estimate of drug-likeness (QED) is 0.473. The van der Waals surface area contributed by atoms with E-state index in [1.54, 1.807) is 0 Å². The van der Waals surface area contributed by atoms with Crippen molar-refractivity contribution in [2.24, 2.45) is 5.92 Å². The first kappa shape index (κ1) is 12.4. The maximum Gasteiger partial charge on any atom is 0.0290 e. The Kier molecular flexibility index (Phi) is 5.56. The zero-order valence-electron chi connectivity index (χ0n) is 9.49. The summed E-state index contributed by atoms with van der Waals surface area (Å²) in [6.45, 7) is 9.91. The molecule has 82 valence electrons. The van der Waals surface area contributed by atoms with E-state index in [1.165, 1.54) is 12.2 Å². The number of hydrogen-bond acceptors (Lipinski definition) is 1. The number of rotatable bonds is 6. The van der Waals surface area contributed by atoms with Gasteiger partial charge in [0.05, 0.1) is 0 Å². The van der Waals surface area contributed by atoms with Crippen molar-refractivity contribution in [1.29, 1.82) is 0 Å². The first-order valence-electron chi connectivity index (χ1n) is 5.51. The van der Waals surface area contributed by atoms with Crippen molar-refractivity contribution in [2.75, 3.05) is 5.75 Å². The predicted molar refractivity (Wildman–Crippen MR) is 72.3 cm³/mol. The van der Waals surface area contributed by atoms with Gasteiger partial charge in [0.1, 0.15) is 0 Å². The first-order chi connectivity index (χ1) is 7.24. The van der Waals surface area contributed by atoms with Gasteiger partial charge in [-0.25, -0.2) is 0 Å². The van der Waals surface area contributed by atoms with Gasteiger partial charge in [-0.05, 0) is 24.5 Å². The highest BCUT2D eigenvalue weighted by molar-refractivity contribution is 8.00. The average molecular weight is 220 g/mol. The standard InChI is InChI=1S/C14H20S/c1-4-12(2)8-7-11-15-14-10-6-5-9-13(14)3/h4-6,9-10,13-14H,1-2,7-8,11H2,3H3. The van der Waals surface area contributed by atoms with Crippen LogP contribution in [0.2, 0.25) is 0 Å². The molecule has 0 saturated heterocycles. The highest BCUT2D eigenvalue weighted by atomic mass is 32.2. The van der Waals surface area contributed by atoms with E-state index in [-0.39, 0.29) is 0 Å². The number of allylic oxidation sites excluding steroid dienone is 5. The van der Waals surface area contributed by atoms with Crippen LogP contribution in [0.25, 0.3) is 0 Å². The molecule has 0 aromatic rings. The van der Waals surface area contributed by atoms with E-state index in [0.29, 0.717) is 11.2 Å². The lowest BCUT2D eigenvalue weighted by Gasteiger charge is -2.19. The summed E-state index contributed by atoms with van der Waals surface area (Å²) in [5.74, 6) is 1.88. The minimum Gasteiger partial charge on any atom is -0.154 e. The van der Waals surface area contributed by atoms with Crippen molar-refractivity contribution in [3.63, 3.8) is 0 Å². The molecular weight excluding hydrogens is 200 g/mol. The minimum absolute atomic E-state index is 0.659. The van der Waals surface area contributed by atoms with Crippen molar-refractivity contribution in [2.45, 2.75) is 25.0 Å². The largest absolute Gasteiger partial charge is 0.154 e. The molecule has 2 unspecified atom stereocenters. The van der Waals surface area contributed by atoms with Gasteiger partial charge < -0.3 is 0 Å². The first-order valence-corrected chi connectivity index (χ1v) is 6.55. The molecule has 0 amide bonds. The highest BCUT2D eigenvalue weighted by Gasteiger charge is 2.13. The van der Waals surface area contributed by atoms with E-state index in [9.17, 15) is 0 Å². The third kappa shape index (κ3) is 4.57. The third-order valence-corrected chi connectivity index (χ3v) is 4.08. The molecule has 0 nitrogen and oxygen atoms in total. The molecular formula is C14H20S. The van der Waals surface area contributed by atoms with Crippen LogP contribution in [0, 0.1) is 5.92 Å². The van der Waals surface area contributed by atoms with Crippen LogP contribution < -0.4 is 0 Å². The maximum atomic E-state index is 3.92. The van der Waals surface area contributed by atoms with Crippen LogP contribution in [-0.2, 0) is 0 Å². The Hall–Kier alpha value is -0.690. The van der Waals surface area contributed by atoms with Crippen LogP contribution in [0.15, 0.2) is 49.1 Å². The molecule has 0 heterocycles. The summed E-state index contributed by atoms with van der Waals surface area (Å²) in [5.41, 5.74) is 1.16. The lowest BCUT2D eigenvalue weighted by Crippen LogP contribution is -2.11. The van der Waals surface area contributed by atoms with Crippen LogP contribution in [0.5, 0.6) is 0 Å². The van der Waals surface area contributed by atoms with Gasteiger partial charge in [-0.3, -0.25) is 0 Å². The van der Waals surface area contributed by atoms with Gasteiger partial charge >= 0.3 is 0 Å². The molecule has 15 heavy (non-hydrogen) atoms. The minimum atomic E-state index is 0.659. The lowest BCUT2D eigenvalue weighted by molar-refractivity contribution is 0.751. The molecule has 0 radical (unpaired) electrons. The van der Waals surface area contributed by atoms with Gasteiger partial charge in [0.15, 0.2) is 0 Å².